The quantitative estimate of drug-likeness (QED) is 0.867. The summed E-state index contributed by atoms with van der Waals surface area (Å²) in [4.78, 5) is 12.6. The number of Topliss-reactive ketones (excluding diaryl/α,β-unsaturated/α-hetero) is 1. The fraction of sp³-hybridized carbons (Fsp3) is 0.471. The molecule has 0 bridgehead atoms. The number of ether oxygens (including phenoxy) is 2. The summed E-state index contributed by atoms with van der Waals surface area (Å²) >= 11 is 0. The van der Waals surface area contributed by atoms with E-state index in [0.29, 0.717) is 23.8 Å². The normalized spacial score (nSPS) is 20.7. The molecule has 1 N–H and O–H groups in total. The molecule has 0 saturated carbocycles. The highest BCUT2D eigenvalue weighted by Crippen LogP contribution is 2.37. The summed E-state index contributed by atoms with van der Waals surface area (Å²) in [5, 5.41) is 3.35. The van der Waals surface area contributed by atoms with Crippen molar-refractivity contribution >= 4 is 5.78 Å². The Morgan fingerprint density at radius 1 is 1.14 bits per heavy atom. The first kappa shape index (κ1) is 14.1. The van der Waals surface area contributed by atoms with Gasteiger partial charge in [0.2, 0.25) is 0 Å². The zero-order valence-electron chi connectivity index (χ0n) is 12.6. The van der Waals surface area contributed by atoms with Gasteiger partial charge in [-0.1, -0.05) is 6.08 Å². The Kier molecular flexibility index (Phi) is 3.97. The second-order valence-electron chi connectivity index (χ2n) is 5.65. The SMILES string of the molecule is COc1cc2c(cc1OC)C(=O)/C(=C/C1CCNCC1)C2. The lowest BCUT2D eigenvalue weighted by Crippen LogP contribution is -2.27. The molecular weight excluding hydrogens is 266 g/mol. The van der Waals surface area contributed by atoms with Crippen molar-refractivity contribution in [3.63, 3.8) is 0 Å². The topological polar surface area (TPSA) is 47.6 Å². The van der Waals surface area contributed by atoms with Crippen LogP contribution in [0.2, 0.25) is 0 Å². The molecule has 4 nitrogen and oxygen atoms in total. The Hall–Kier alpha value is -1.81. The Labute approximate surface area is 125 Å². The number of fused-ring (bicyclic) bond motifs is 1. The van der Waals surface area contributed by atoms with Crippen LogP contribution in [0.1, 0.15) is 28.8 Å². The molecule has 112 valence electrons. The maximum absolute atomic E-state index is 12.6. The van der Waals surface area contributed by atoms with Crippen molar-refractivity contribution in [3.8, 4) is 11.5 Å². The standard InChI is InChI=1S/C17H21NO3/c1-20-15-9-12-8-13(7-11-3-5-18-6-4-11)17(19)14(12)10-16(15)21-2/h7,9-11,18H,3-6,8H2,1-2H3/b13-7+. The number of rotatable bonds is 3. The van der Waals surface area contributed by atoms with E-state index in [0.717, 1.165) is 42.6 Å². The van der Waals surface area contributed by atoms with Gasteiger partial charge in [0, 0.05) is 17.6 Å². The van der Waals surface area contributed by atoms with Crippen LogP contribution in [0.25, 0.3) is 0 Å². The molecule has 0 spiro atoms. The van der Waals surface area contributed by atoms with Gasteiger partial charge in [0.1, 0.15) is 0 Å². The lowest BCUT2D eigenvalue weighted by atomic mass is 9.94. The highest BCUT2D eigenvalue weighted by molar-refractivity contribution is 6.13. The Balaban J connectivity index is 1.89. The highest BCUT2D eigenvalue weighted by atomic mass is 16.5. The van der Waals surface area contributed by atoms with E-state index < -0.39 is 0 Å². The number of hydrogen-bond acceptors (Lipinski definition) is 4. The third-order valence-electron chi connectivity index (χ3n) is 4.35. The fourth-order valence-corrected chi connectivity index (χ4v) is 3.17. The monoisotopic (exact) mass is 287 g/mol. The van der Waals surface area contributed by atoms with Crippen LogP contribution in [0.4, 0.5) is 0 Å². The van der Waals surface area contributed by atoms with Gasteiger partial charge in [-0.2, -0.15) is 0 Å². The minimum Gasteiger partial charge on any atom is -0.493 e. The molecule has 4 heteroatoms. The zero-order chi connectivity index (χ0) is 14.8. The summed E-state index contributed by atoms with van der Waals surface area (Å²) < 4.78 is 10.6. The molecule has 0 atom stereocenters. The van der Waals surface area contributed by atoms with E-state index in [1.54, 1.807) is 20.3 Å². The molecule has 0 radical (unpaired) electrons. The van der Waals surface area contributed by atoms with E-state index in [-0.39, 0.29) is 5.78 Å². The summed E-state index contributed by atoms with van der Waals surface area (Å²) in [6, 6.07) is 3.73. The third-order valence-corrected chi connectivity index (χ3v) is 4.35. The lowest BCUT2D eigenvalue weighted by Gasteiger charge is -2.19. The molecule has 1 aliphatic heterocycles. The molecule has 1 saturated heterocycles. The first-order chi connectivity index (χ1) is 10.2. The van der Waals surface area contributed by atoms with Gasteiger partial charge in [-0.25, -0.2) is 0 Å². The van der Waals surface area contributed by atoms with Gasteiger partial charge in [-0.15, -0.1) is 0 Å². The van der Waals surface area contributed by atoms with Crippen LogP contribution in [0, 0.1) is 5.92 Å². The average Bonchev–Trinajstić information content (AvgIpc) is 2.82. The third kappa shape index (κ3) is 2.68. The summed E-state index contributed by atoms with van der Waals surface area (Å²) in [5.41, 5.74) is 2.72. The first-order valence-electron chi connectivity index (χ1n) is 7.44. The molecule has 1 aliphatic carbocycles. The number of benzene rings is 1. The minimum atomic E-state index is 0.143. The fourth-order valence-electron chi connectivity index (χ4n) is 3.17. The molecule has 0 amide bonds. The van der Waals surface area contributed by atoms with Crippen LogP contribution >= 0.6 is 0 Å². The zero-order valence-corrected chi connectivity index (χ0v) is 12.6. The van der Waals surface area contributed by atoms with Crippen molar-refractivity contribution in [2.75, 3.05) is 27.3 Å². The predicted octanol–water partition coefficient (Wildman–Crippen LogP) is 2.37. The van der Waals surface area contributed by atoms with E-state index in [2.05, 4.69) is 11.4 Å². The van der Waals surface area contributed by atoms with Crippen molar-refractivity contribution in [1.29, 1.82) is 0 Å². The molecule has 1 aromatic carbocycles. The van der Waals surface area contributed by atoms with E-state index in [9.17, 15) is 4.79 Å². The maximum atomic E-state index is 12.6. The van der Waals surface area contributed by atoms with Crippen LogP contribution in [-0.4, -0.2) is 33.1 Å². The van der Waals surface area contributed by atoms with Gasteiger partial charge in [0.15, 0.2) is 17.3 Å². The van der Waals surface area contributed by atoms with E-state index in [1.807, 2.05) is 6.07 Å². The van der Waals surface area contributed by atoms with Crippen molar-refractivity contribution in [1.82, 2.24) is 5.32 Å². The van der Waals surface area contributed by atoms with Crippen LogP contribution in [0.15, 0.2) is 23.8 Å². The number of hydrogen-bond donors (Lipinski definition) is 1. The van der Waals surface area contributed by atoms with Gasteiger partial charge in [0.05, 0.1) is 14.2 Å². The molecule has 1 heterocycles. The molecule has 1 aromatic rings. The number of nitrogens with one attached hydrogen (secondary N) is 1. The number of methoxy groups -OCH3 is 2. The van der Waals surface area contributed by atoms with Crippen molar-refractivity contribution < 1.29 is 14.3 Å². The second-order valence-corrected chi connectivity index (χ2v) is 5.65. The number of allylic oxidation sites excluding steroid dienone is 2. The Morgan fingerprint density at radius 3 is 2.48 bits per heavy atom. The maximum Gasteiger partial charge on any atom is 0.189 e. The number of carbonyl (C=O) groups excluding carboxylic acids is 1. The summed E-state index contributed by atoms with van der Waals surface area (Å²) in [7, 11) is 3.21. The summed E-state index contributed by atoms with van der Waals surface area (Å²) in [6.45, 7) is 2.08. The Morgan fingerprint density at radius 2 is 1.81 bits per heavy atom. The van der Waals surface area contributed by atoms with E-state index in [1.165, 1.54) is 0 Å². The van der Waals surface area contributed by atoms with Gasteiger partial charge in [-0.05, 0) is 49.5 Å². The molecule has 1 fully saturated rings. The van der Waals surface area contributed by atoms with Crippen LogP contribution in [0.5, 0.6) is 11.5 Å². The van der Waals surface area contributed by atoms with Crippen LogP contribution in [-0.2, 0) is 6.42 Å². The number of carbonyl (C=O) groups is 1. The molecule has 2 aliphatic rings. The second kappa shape index (κ2) is 5.90. The van der Waals surface area contributed by atoms with Gasteiger partial charge < -0.3 is 14.8 Å². The van der Waals surface area contributed by atoms with Crippen LogP contribution < -0.4 is 14.8 Å². The van der Waals surface area contributed by atoms with Gasteiger partial charge in [0.25, 0.3) is 0 Å². The summed E-state index contributed by atoms with van der Waals surface area (Å²) in [5.74, 6) is 1.97. The molecule has 3 rings (SSSR count). The molecule has 0 aromatic heterocycles. The average molecular weight is 287 g/mol. The highest BCUT2D eigenvalue weighted by Gasteiger charge is 2.28. The minimum absolute atomic E-state index is 0.143. The van der Waals surface area contributed by atoms with Gasteiger partial charge >= 0.3 is 0 Å². The smallest absolute Gasteiger partial charge is 0.189 e. The van der Waals surface area contributed by atoms with Crippen molar-refractivity contribution in [2.45, 2.75) is 19.3 Å². The molecular formula is C17H21NO3. The van der Waals surface area contributed by atoms with Gasteiger partial charge in [-0.3, -0.25) is 4.79 Å². The van der Waals surface area contributed by atoms with Crippen molar-refractivity contribution in [2.24, 2.45) is 5.92 Å². The molecule has 21 heavy (non-hydrogen) atoms. The number of ketones is 1. The lowest BCUT2D eigenvalue weighted by molar-refractivity contribution is 0.103. The molecule has 0 unspecified atom stereocenters. The van der Waals surface area contributed by atoms with E-state index >= 15 is 0 Å². The first-order valence-corrected chi connectivity index (χ1v) is 7.44. The van der Waals surface area contributed by atoms with Crippen molar-refractivity contribution in [3.05, 3.63) is 34.9 Å². The number of piperidine rings is 1. The predicted molar refractivity (Wildman–Crippen MR) is 81.3 cm³/mol. The van der Waals surface area contributed by atoms with Crippen LogP contribution in [0.3, 0.4) is 0 Å². The largest absolute Gasteiger partial charge is 0.493 e. The van der Waals surface area contributed by atoms with E-state index in [4.69, 9.17) is 9.47 Å². The summed E-state index contributed by atoms with van der Waals surface area (Å²) in [6.07, 6.45) is 5.11. The Bertz CT molecular complexity index is 586.